The van der Waals surface area contributed by atoms with Gasteiger partial charge in [0.1, 0.15) is 0 Å². The molecule has 0 aromatic carbocycles. The molecule has 0 aliphatic rings. The standard InChI is InChI=1S/C13H29NOS/c1-6-13(7-2,11-16)10-14(8-3)12(4)9-15-5/h12,16H,6-11H2,1-5H3. The van der Waals surface area contributed by atoms with Gasteiger partial charge in [-0.05, 0) is 37.5 Å². The molecule has 1 unspecified atom stereocenters. The zero-order valence-corrected chi connectivity index (χ0v) is 12.5. The van der Waals surface area contributed by atoms with Gasteiger partial charge in [0.2, 0.25) is 0 Å². The molecule has 0 spiro atoms. The summed E-state index contributed by atoms with van der Waals surface area (Å²) in [5.74, 6) is 0.968. The van der Waals surface area contributed by atoms with Gasteiger partial charge in [0.25, 0.3) is 0 Å². The number of hydrogen-bond donors (Lipinski definition) is 1. The van der Waals surface area contributed by atoms with Crippen molar-refractivity contribution in [2.75, 3.05) is 32.6 Å². The fraction of sp³-hybridized carbons (Fsp3) is 1.00. The van der Waals surface area contributed by atoms with E-state index in [4.69, 9.17) is 4.74 Å². The Kier molecular flexibility index (Phi) is 8.52. The predicted molar refractivity (Wildman–Crippen MR) is 75.5 cm³/mol. The summed E-state index contributed by atoms with van der Waals surface area (Å²) in [6, 6.07) is 0.493. The Bertz CT molecular complexity index is 163. The molecule has 0 aliphatic carbocycles. The highest BCUT2D eigenvalue weighted by Crippen LogP contribution is 2.29. The lowest BCUT2D eigenvalue weighted by atomic mass is 9.83. The van der Waals surface area contributed by atoms with Crippen LogP contribution in [0.25, 0.3) is 0 Å². The topological polar surface area (TPSA) is 12.5 Å². The summed E-state index contributed by atoms with van der Waals surface area (Å²) in [7, 11) is 1.77. The van der Waals surface area contributed by atoms with Gasteiger partial charge < -0.3 is 4.74 Å². The van der Waals surface area contributed by atoms with Crippen LogP contribution in [0.5, 0.6) is 0 Å². The Morgan fingerprint density at radius 1 is 1.25 bits per heavy atom. The SMILES string of the molecule is CCN(CC(CC)(CC)CS)C(C)COC. The maximum atomic E-state index is 5.24. The van der Waals surface area contributed by atoms with Crippen LogP contribution in [0.3, 0.4) is 0 Å². The van der Waals surface area contributed by atoms with Crippen LogP contribution in [0.1, 0.15) is 40.5 Å². The Balaban J connectivity index is 4.48. The van der Waals surface area contributed by atoms with Crippen LogP contribution in [-0.4, -0.2) is 43.5 Å². The van der Waals surface area contributed by atoms with Gasteiger partial charge in [-0.1, -0.05) is 20.8 Å². The second-order valence-corrected chi connectivity index (χ2v) is 5.05. The molecular weight excluding hydrogens is 218 g/mol. The highest BCUT2D eigenvalue weighted by Gasteiger charge is 2.28. The molecule has 98 valence electrons. The molecule has 0 aromatic rings. The lowest BCUT2D eigenvalue weighted by molar-refractivity contribution is 0.0697. The first-order chi connectivity index (χ1) is 7.59. The average Bonchev–Trinajstić information content (AvgIpc) is 2.32. The molecule has 0 amide bonds. The number of hydrogen-bond acceptors (Lipinski definition) is 3. The summed E-state index contributed by atoms with van der Waals surface area (Å²) >= 11 is 4.54. The molecule has 0 N–H and O–H groups in total. The maximum Gasteiger partial charge on any atom is 0.0615 e. The highest BCUT2D eigenvalue weighted by molar-refractivity contribution is 7.80. The predicted octanol–water partition coefficient (Wildman–Crippen LogP) is 3.08. The summed E-state index contributed by atoms with van der Waals surface area (Å²) < 4.78 is 5.24. The van der Waals surface area contributed by atoms with Crippen molar-refractivity contribution in [3.63, 3.8) is 0 Å². The number of likely N-dealkylation sites (N-methyl/N-ethyl adjacent to an activating group) is 1. The maximum absolute atomic E-state index is 5.24. The summed E-state index contributed by atoms with van der Waals surface area (Å²) in [4.78, 5) is 2.51. The van der Waals surface area contributed by atoms with Crippen molar-refractivity contribution in [1.29, 1.82) is 0 Å². The van der Waals surface area contributed by atoms with Crippen LogP contribution < -0.4 is 0 Å². The monoisotopic (exact) mass is 247 g/mol. The van der Waals surface area contributed by atoms with Gasteiger partial charge in [0.15, 0.2) is 0 Å². The normalized spacial score (nSPS) is 14.4. The molecule has 3 heteroatoms. The van der Waals surface area contributed by atoms with Gasteiger partial charge in [0, 0.05) is 19.7 Å². The lowest BCUT2D eigenvalue weighted by Crippen LogP contribution is -2.44. The second-order valence-electron chi connectivity index (χ2n) is 4.73. The molecule has 0 aromatic heterocycles. The van der Waals surface area contributed by atoms with Crippen LogP contribution in [0, 0.1) is 5.41 Å². The Morgan fingerprint density at radius 2 is 1.81 bits per heavy atom. The molecule has 0 saturated carbocycles. The van der Waals surface area contributed by atoms with E-state index in [0.29, 0.717) is 11.5 Å². The Morgan fingerprint density at radius 3 is 2.12 bits per heavy atom. The lowest BCUT2D eigenvalue weighted by Gasteiger charge is -2.38. The van der Waals surface area contributed by atoms with E-state index in [0.717, 1.165) is 25.4 Å². The fourth-order valence-electron chi connectivity index (χ4n) is 2.10. The molecule has 0 saturated heterocycles. The van der Waals surface area contributed by atoms with Gasteiger partial charge >= 0.3 is 0 Å². The van der Waals surface area contributed by atoms with Gasteiger partial charge in [-0.2, -0.15) is 12.6 Å². The molecule has 2 nitrogen and oxygen atoms in total. The number of nitrogens with zero attached hydrogens (tertiary/aromatic N) is 1. The van der Waals surface area contributed by atoms with Crippen LogP contribution >= 0.6 is 12.6 Å². The van der Waals surface area contributed by atoms with E-state index in [9.17, 15) is 0 Å². The summed E-state index contributed by atoms with van der Waals surface area (Å²) in [5.41, 5.74) is 0.362. The minimum atomic E-state index is 0.362. The van der Waals surface area contributed by atoms with Crippen LogP contribution in [0.2, 0.25) is 0 Å². The number of rotatable bonds is 9. The molecule has 0 fully saturated rings. The highest BCUT2D eigenvalue weighted by atomic mass is 32.1. The first-order valence-electron chi connectivity index (χ1n) is 6.42. The third-order valence-corrected chi connectivity index (χ3v) is 4.48. The molecule has 1 atom stereocenters. The van der Waals surface area contributed by atoms with Gasteiger partial charge in [-0.3, -0.25) is 4.90 Å². The van der Waals surface area contributed by atoms with Gasteiger partial charge in [0.05, 0.1) is 6.61 Å². The van der Waals surface area contributed by atoms with E-state index in [1.807, 2.05) is 0 Å². The molecule has 0 rings (SSSR count). The van der Waals surface area contributed by atoms with E-state index in [1.165, 1.54) is 12.8 Å². The average molecular weight is 247 g/mol. The van der Waals surface area contributed by atoms with Crippen molar-refractivity contribution >= 4 is 12.6 Å². The minimum absolute atomic E-state index is 0.362. The number of methoxy groups -OCH3 is 1. The van der Waals surface area contributed by atoms with Crippen LogP contribution in [-0.2, 0) is 4.74 Å². The van der Waals surface area contributed by atoms with Crippen molar-refractivity contribution < 1.29 is 4.74 Å². The molecule has 0 aliphatic heterocycles. The van der Waals surface area contributed by atoms with Crippen molar-refractivity contribution in [3.8, 4) is 0 Å². The quantitative estimate of drug-likeness (QED) is 0.629. The smallest absolute Gasteiger partial charge is 0.0615 e. The largest absolute Gasteiger partial charge is 0.383 e. The van der Waals surface area contributed by atoms with Crippen molar-refractivity contribution in [2.45, 2.75) is 46.6 Å². The minimum Gasteiger partial charge on any atom is -0.383 e. The van der Waals surface area contributed by atoms with E-state index >= 15 is 0 Å². The third-order valence-electron chi connectivity index (χ3n) is 3.81. The fourth-order valence-corrected chi connectivity index (χ4v) is 2.65. The van der Waals surface area contributed by atoms with Crippen LogP contribution in [0.15, 0.2) is 0 Å². The van der Waals surface area contributed by atoms with E-state index < -0.39 is 0 Å². The van der Waals surface area contributed by atoms with Crippen LogP contribution in [0.4, 0.5) is 0 Å². The summed E-state index contributed by atoms with van der Waals surface area (Å²) in [5, 5.41) is 0. The molecule has 16 heavy (non-hydrogen) atoms. The first-order valence-corrected chi connectivity index (χ1v) is 7.06. The zero-order valence-electron chi connectivity index (χ0n) is 11.6. The van der Waals surface area contributed by atoms with Crippen molar-refractivity contribution in [3.05, 3.63) is 0 Å². The Hall–Kier alpha value is 0.270. The van der Waals surface area contributed by atoms with E-state index in [2.05, 4.69) is 45.2 Å². The number of ether oxygens (including phenoxy) is 1. The Labute approximate surface area is 107 Å². The van der Waals surface area contributed by atoms with Gasteiger partial charge in [-0.25, -0.2) is 0 Å². The van der Waals surface area contributed by atoms with Crippen molar-refractivity contribution in [2.24, 2.45) is 5.41 Å². The van der Waals surface area contributed by atoms with E-state index in [-0.39, 0.29) is 0 Å². The first kappa shape index (κ1) is 16.3. The summed E-state index contributed by atoms with van der Waals surface area (Å²) in [6.07, 6.45) is 2.40. The zero-order chi connectivity index (χ0) is 12.6. The second kappa shape index (κ2) is 8.37. The van der Waals surface area contributed by atoms with Gasteiger partial charge in [-0.15, -0.1) is 0 Å². The third kappa shape index (κ3) is 4.64. The molecule has 0 heterocycles. The van der Waals surface area contributed by atoms with E-state index in [1.54, 1.807) is 7.11 Å². The van der Waals surface area contributed by atoms with Crippen molar-refractivity contribution in [1.82, 2.24) is 4.90 Å². The summed E-state index contributed by atoms with van der Waals surface area (Å²) in [6.45, 7) is 12.0. The molecular formula is C13H29NOS. The molecule has 0 bridgehead atoms. The molecule has 0 radical (unpaired) electrons. The number of thiol groups is 1.